The first-order valence-electron chi connectivity index (χ1n) is 8.60. The van der Waals surface area contributed by atoms with Crippen LogP contribution in [-0.2, 0) is 0 Å². The maximum atomic E-state index is 12.9. The normalized spacial score (nSPS) is 14.7. The highest BCUT2D eigenvalue weighted by molar-refractivity contribution is 14.1. The minimum Gasteiger partial charge on any atom is -0.339 e. The summed E-state index contributed by atoms with van der Waals surface area (Å²) in [7, 11) is 0. The monoisotopic (exact) mass is 448 g/mol. The lowest BCUT2D eigenvalue weighted by molar-refractivity contribution is 0.0762. The van der Waals surface area contributed by atoms with E-state index in [1.807, 2.05) is 29.2 Å². The molecule has 2 aromatic carbocycles. The van der Waals surface area contributed by atoms with Gasteiger partial charge in [-0.2, -0.15) is 0 Å². The predicted octanol–water partition coefficient (Wildman–Crippen LogP) is 4.56. The summed E-state index contributed by atoms with van der Waals surface area (Å²) in [5.74, 6) is -0.201. The number of para-hydroxylation sites is 1. The molecule has 0 aromatic heterocycles. The molecule has 0 bridgehead atoms. The second-order valence-corrected chi connectivity index (χ2v) is 7.46. The van der Waals surface area contributed by atoms with Gasteiger partial charge in [0.1, 0.15) is 0 Å². The number of anilines is 1. The van der Waals surface area contributed by atoms with Crippen LogP contribution in [0.5, 0.6) is 0 Å². The molecule has 0 saturated carbocycles. The Kier molecular flexibility index (Phi) is 6.07. The average molecular weight is 448 g/mol. The van der Waals surface area contributed by atoms with Gasteiger partial charge in [0.05, 0.1) is 11.3 Å². The number of halogens is 1. The van der Waals surface area contributed by atoms with Gasteiger partial charge in [-0.25, -0.2) is 0 Å². The third-order valence-electron chi connectivity index (χ3n) is 4.41. The number of amides is 2. The van der Waals surface area contributed by atoms with E-state index in [9.17, 15) is 9.59 Å². The molecule has 25 heavy (non-hydrogen) atoms. The fourth-order valence-corrected chi connectivity index (χ4v) is 3.38. The largest absolute Gasteiger partial charge is 0.339 e. The van der Waals surface area contributed by atoms with E-state index in [4.69, 9.17) is 0 Å². The Morgan fingerprint density at radius 1 is 0.880 bits per heavy atom. The summed E-state index contributed by atoms with van der Waals surface area (Å²) >= 11 is 2.20. The van der Waals surface area contributed by atoms with Gasteiger partial charge >= 0.3 is 0 Å². The summed E-state index contributed by atoms with van der Waals surface area (Å²) in [5.41, 5.74) is 1.71. The third kappa shape index (κ3) is 4.60. The first-order valence-corrected chi connectivity index (χ1v) is 9.68. The van der Waals surface area contributed by atoms with Crippen molar-refractivity contribution in [1.29, 1.82) is 0 Å². The molecule has 1 heterocycles. The number of hydrogen-bond acceptors (Lipinski definition) is 2. The van der Waals surface area contributed by atoms with Crippen LogP contribution in [-0.4, -0.2) is 29.8 Å². The first kappa shape index (κ1) is 17.9. The van der Waals surface area contributed by atoms with E-state index in [1.165, 1.54) is 12.8 Å². The predicted molar refractivity (Wildman–Crippen MR) is 108 cm³/mol. The van der Waals surface area contributed by atoms with Gasteiger partial charge < -0.3 is 10.2 Å². The Morgan fingerprint density at radius 2 is 1.52 bits per heavy atom. The molecule has 2 amide bonds. The molecule has 1 aliphatic rings. The zero-order valence-electron chi connectivity index (χ0n) is 14.0. The molecule has 0 spiro atoms. The van der Waals surface area contributed by atoms with Crippen molar-refractivity contribution in [3.63, 3.8) is 0 Å². The van der Waals surface area contributed by atoms with Gasteiger partial charge in [-0.1, -0.05) is 25.0 Å². The van der Waals surface area contributed by atoms with E-state index < -0.39 is 0 Å². The number of likely N-dealkylation sites (tertiary alicyclic amines) is 1. The van der Waals surface area contributed by atoms with Crippen LogP contribution < -0.4 is 5.32 Å². The maximum Gasteiger partial charge on any atom is 0.255 e. The van der Waals surface area contributed by atoms with Crippen LogP contribution in [0.1, 0.15) is 46.4 Å². The molecule has 1 saturated heterocycles. The Labute approximate surface area is 161 Å². The minimum atomic E-state index is -0.201. The van der Waals surface area contributed by atoms with Crippen LogP contribution in [0.3, 0.4) is 0 Å². The molecule has 1 fully saturated rings. The molecule has 5 heteroatoms. The summed E-state index contributed by atoms with van der Waals surface area (Å²) in [4.78, 5) is 27.3. The second kappa shape index (κ2) is 8.47. The summed E-state index contributed by atoms with van der Waals surface area (Å²) < 4.78 is 1.07. The SMILES string of the molecule is O=C(Nc1ccccc1C(=O)N1CCCCCC1)c1ccc(I)cc1. The van der Waals surface area contributed by atoms with E-state index in [0.29, 0.717) is 16.8 Å². The number of nitrogens with zero attached hydrogens (tertiary/aromatic N) is 1. The molecular formula is C20H21IN2O2. The second-order valence-electron chi connectivity index (χ2n) is 6.21. The topological polar surface area (TPSA) is 49.4 Å². The number of carbonyl (C=O) groups excluding carboxylic acids is 2. The van der Waals surface area contributed by atoms with Crippen LogP contribution in [0, 0.1) is 3.57 Å². The maximum absolute atomic E-state index is 12.9. The van der Waals surface area contributed by atoms with E-state index >= 15 is 0 Å². The van der Waals surface area contributed by atoms with Crippen molar-refractivity contribution in [2.24, 2.45) is 0 Å². The van der Waals surface area contributed by atoms with Crippen molar-refractivity contribution in [3.05, 3.63) is 63.2 Å². The van der Waals surface area contributed by atoms with Crippen LogP contribution in [0.4, 0.5) is 5.69 Å². The summed E-state index contributed by atoms with van der Waals surface area (Å²) in [6.45, 7) is 1.58. The number of hydrogen-bond donors (Lipinski definition) is 1. The summed E-state index contributed by atoms with van der Waals surface area (Å²) in [5, 5.41) is 2.89. The van der Waals surface area contributed by atoms with Crippen molar-refractivity contribution < 1.29 is 9.59 Å². The molecule has 0 atom stereocenters. The van der Waals surface area contributed by atoms with E-state index in [2.05, 4.69) is 27.9 Å². The number of benzene rings is 2. The number of nitrogens with one attached hydrogen (secondary N) is 1. The average Bonchev–Trinajstić information content (AvgIpc) is 2.91. The highest BCUT2D eigenvalue weighted by atomic mass is 127. The fourth-order valence-electron chi connectivity index (χ4n) is 3.02. The minimum absolute atomic E-state index is 0.000380. The van der Waals surface area contributed by atoms with Gasteiger partial charge in [-0.3, -0.25) is 9.59 Å². The summed E-state index contributed by atoms with van der Waals surface area (Å²) in [6, 6.07) is 14.6. The third-order valence-corrected chi connectivity index (χ3v) is 5.12. The molecular weight excluding hydrogens is 427 g/mol. The molecule has 4 nitrogen and oxygen atoms in total. The molecule has 1 N–H and O–H groups in total. The molecule has 1 aliphatic heterocycles. The van der Waals surface area contributed by atoms with Gasteiger partial charge in [-0.15, -0.1) is 0 Å². The quantitative estimate of drug-likeness (QED) is 0.701. The van der Waals surface area contributed by atoms with Crippen molar-refractivity contribution >= 4 is 40.1 Å². The molecule has 0 unspecified atom stereocenters. The molecule has 2 aromatic rings. The van der Waals surface area contributed by atoms with Gasteiger partial charge in [0.25, 0.3) is 11.8 Å². The summed E-state index contributed by atoms with van der Waals surface area (Å²) in [6.07, 6.45) is 4.44. The van der Waals surface area contributed by atoms with E-state index in [-0.39, 0.29) is 11.8 Å². The zero-order chi connectivity index (χ0) is 17.6. The number of rotatable bonds is 3. The van der Waals surface area contributed by atoms with Crippen molar-refractivity contribution in [2.45, 2.75) is 25.7 Å². The highest BCUT2D eigenvalue weighted by Gasteiger charge is 2.20. The fraction of sp³-hybridized carbons (Fsp3) is 0.300. The van der Waals surface area contributed by atoms with Crippen LogP contribution >= 0.6 is 22.6 Å². The van der Waals surface area contributed by atoms with Crippen molar-refractivity contribution in [1.82, 2.24) is 4.90 Å². The van der Waals surface area contributed by atoms with E-state index in [0.717, 1.165) is 29.5 Å². The Hall–Kier alpha value is -1.89. The van der Waals surface area contributed by atoms with Crippen molar-refractivity contribution in [3.8, 4) is 0 Å². The molecule has 3 rings (SSSR count). The van der Waals surface area contributed by atoms with Crippen LogP contribution in [0.15, 0.2) is 48.5 Å². The zero-order valence-corrected chi connectivity index (χ0v) is 16.2. The van der Waals surface area contributed by atoms with Crippen molar-refractivity contribution in [2.75, 3.05) is 18.4 Å². The number of carbonyl (C=O) groups is 2. The molecule has 0 aliphatic carbocycles. The highest BCUT2D eigenvalue weighted by Crippen LogP contribution is 2.21. The Morgan fingerprint density at radius 3 is 2.20 bits per heavy atom. The van der Waals surface area contributed by atoms with Crippen LogP contribution in [0.25, 0.3) is 0 Å². The smallest absolute Gasteiger partial charge is 0.255 e. The molecule has 0 radical (unpaired) electrons. The van der Waals surface area contributed by atoms with Crippen LogP contribution in [0.2, 0.25) is 0 Å². The standard InChI is InChI=1S/C20H21IN2O2/c21-16-11-9-15(10-12-16)19(24)22-18-8-4-3-7-17(18)20(25)23-13-5-1-2-6-14-23/h3-4,7-12H,1-2,5-6,13-14H2,(H,22,24). The Bertz CT molecular complexity index is 751. The lowest BCUT2D eigenvalue weighted by Gasteiger charge is -2.22. The van der Waals surface area contributed by atoms with Gasteiger partial charge in [0.2, 0.25) is 0 Å². The first-order chi connectivity index (χ1) is 12.1. The molecule has 130 valence electrons. The van der Waals surface area contributed by atoms with E-state index in [1.54, 1.807) is 24.3 Å². The van der Waals surface area contributed by atoms with Gasteiger partial charge in [0, 0.05) is 22.2 Å². The Balaban J connectivity index is 1.79. The van der Waals surface area contributed by atoms with Gasteiger partial charge in [-0.05, 0) is 71.8 Å². The lowest BCUT2D eigenvalue weighted by Crippen LogP contribution is -2.32. The lowest BCUT2D eigenvalue weighted by atomic mass is 10.1. The van der Waals surface area contributed by atoms with Gasteiger partial charge in [0.15, 0.2) is 0 Å².